The number of nitrogens with zero attached hydrogens (tertiary/aromatic N) is 3. The summed E-state index contributed by atoms with van der Waals surface area (Å²) in [7, 11) is -2.02. The zero-order chi connectivity index (χ0) is 15.0. The maximum atomic E-state index is 12.4. The predicted octanol–water partition coefficient (Wildman–Crippen LogP) is 0.504. The Morgan fingerprint density at radius 1 is 1.48 bits per heavy atom. The van der Waals surface area contributed by atoms with Crippen LogP contribution < -0.4 is 10.0 Å². The van der Waals surface area contributed by atoms with Gasteiger partial charge in [-0.1, -0.05) is 0 Å². The second-order valence-corrected chi connectivity index (χ2v) is 6.87. The Hall–Kier alpha value is -1.87. The van der Waals surface area contributed by atoms with Gasteiger partial charge in [0.15, 0.2) is 5.82 Å². The van der Waals surface area contributed by atoms with Crippen LogP contribution in [0.5, 0.6) is 0 Å². The van der Waals surface area contributed by atoms with Crippen molar-refractivity contribution in [2.75, 3.05) is 4.72 Å². The second-order valence-electron chi connectivity index (χ2n) is 5.27. The van der Waals surface area contributed by atoms with Crippen LogP contribution in [0.2, 0.25) is 0 Å². The van der Waals surface area contributed by atoms with E-state index >= 15 is 0 Å². The van der Waals surface area contributed by atoms with Gasteiger partial charge in [-0.3, -0.25) is 14.5 Å². The van der Waals surface area contributed by atoms with Gasteiger partial charge in [0, 0.05) is 43.2 Å². The number of aryl methyl sites for hydroxylation is 2. The highest BCUT2D eigenvalue weighted by Crippen LogP contribution is 2.23. The first-order valence-electron chi connectivity index (χ1n) is 6.75. The molecule has 21 heavy (non-hydrogen) atoms. The van der Waals surface area contributed by atoms with Crippen molar-refractivity contribution in [3.05, 3.63) is 23.5 Å². The molecule has 0 amide bonds. The fourth-order valence-electron chi connectivity index (χ4n) is 2.05. The summed E-state index contributed by atoms with van der Waals surface area (Å²) in [5, 5.41) is 14.0. The number of H-pyrrole nitrogens is 1. The molecule has 1 saturated carbocycles. The molecule has 1 aliphatic carbocycles. The standard InChI is InChI=1S/C12H18N6O2S/c1-8-10(7-13-9-3-4-9)12(15-14-8)21(19,20)17-11-5-6-18(2)16-11/h5-6,9,13H,3-4,7H2,1-2H3,(H,14,15)(H,16,17). The molecule has 8 nitrogen and oxygen atoms in total. The molecule has 2 heterocycles. The number of aromatic amines is 1. The molecule has 3 N–H and O–H groups in total. The zero-order valence-electron chi connectivity index (χ0n) is 11.9. The van der Waals surface area contributed by atoms with E-state index in [4.69, 9.17) is 0 Å². The molecule has 0 bridgehead atoms. The van der Waals surface area contributed by atoms with Gasteiger partial charge < -0.3 is 5.32 Å². The first kappa shape index (κ1) is 14.1. The highest BCUT2D eigenvalue weighted by atomic mass is 32.2. The maximum Gasteiger partial charge on any atom is 0.282 e. The fraction of sp³-hybridized carbons (Fsp3) is 0.500. The van der Waals surface area contributed by atoms with E-state index in [0.29, 0.717) is 18.2 Å². The number of nitrogens with one attached hydrogen (secondary N) is 3. The molecule has 9 heteroatoms. The molecule has 3 rings (SSSR count). The van der Waals surface area contributed by atoms with Crippen molar-refractivity contribution in [3.8, 4) is 0 Å². The molecule has 0 aromatic carbocycles. The van der Waals surface area contributed by atoms with E-state index in [1.54, 1.807) is 19.3 Å². The van der Waals surface area contributed by atoms with Gasteiger partial charge in [-0.05, 0) is 19.8 Å². The Balaban J connectivity index is 1.83. The van der Waals surface area contributed by atoms with Gasteiger partial charge in [-0.15, -0.1) is 0 Å². The van der Waals surface area contributed by atoms with E-state index in [1.807, 2.05) is 6.92 Å². The Kier molecular flexibility index (Phi) is 3.46. The van der Waals surface area contributed by atoms with E-state index in [0.717, 1.165) is 18.5 Å². The third kappa shape index (κ3) is 3.08. The first-order valence-corrected chi connectivity index (χ1v) is 8.24. The molecule has 1 fully saturated rings. The number of hydrogen-bond donors (Lipinski definition) is 3. The predicted molar refractivity (Wildman–Crippen MR) is 77.2 cm³/mol. The maximum absolute atomic E-state index is 12.4. The SMILES string of the molecule is Cc1[nH]nc(S(=O)(=O)Nc2ccn(C)n2)c1CNC1CC1. The Labute approximate surface area is 123 Å². The quantitative estimate of drug-likeness (QED) is 0.721. The van der Waals surface area contributed by atoms with Crippen molar-refractivity contribution in [2.24, 2.45) is 7.05 Å². The van der Waals surface area contributed by atoms with E-state index in [-0.39, 0.29) is 10.8 Å². The lowest BCUT2D eigenvalue weighted by Crippen LogP contribution is -2.20. The lowest BCUT2D eigenvalue weighted by molar-refractivity contribution is 0.593. The molecule has 0 atom stereocenters. The first-order chi connectivity index (χ1) is 9.95. The van der Waals surface area contributed by atoms with Crippen molar-refractivity contribution in [1.29, 1.82) is 0 Å². The van der Waals surface area contributed by atoms with Crippen LogP contribution in [0.3, 0.4) is 0 Å². The molecule has 2 aromatic heterocycles. The summed E-state index contributed by atoms with van der Waals surface area (Å²) in [5.74, 6) is 0.277. The van der Waals surface area contributed by atoms with Gasteiger partial charge in [-0.25, -0.2) is 0 Å². The third-order valence-corrected chi connectivity index (χ3v) is 4.71. The molecular formula is C12H18N6O2S. The minimum Gasteiger partial charge on any atom is -0.310 e. The molecule has 0 unspecified atom stereocenters. The van der Waals surface area contributed by atoms with Crippen molar-refractivity contribution < 1.29 is 8.42 Å². The van der Waals surface area contributed by atoms with Crippen LogP contribution in [0.4, 0.5) is 5.82 Å². The topological polar surface area (TPSA) is 105 Å². The van der Waals surface area contributed by atoms with Crippen LogP contribution in [-0.4, -0.2) is 34.4 Å². The number of aromatic nitrogens is 4. The summed E-state index contributed by atoms with van der Waals surface area (Å²) in [6.45, 7) is 2.31. The lowest BCUT2D eigenvalue weighted by Gasteiger charge is -2.07. The summed E-state index contributed by atoms with van der Waals surface area (Å²) >= 11 is 0. The van der Waals surface area contributed by atoms with Gasteiger partial charge in [0.2, 0.25) is 5.03 Å². The highest BCUT2D eigenvalue weighted by molar-refractivity contribution is 7.92. The molecule has 1 aliphatic rings. The van der Waals surface area contributed by atoms with Crippen LogP contribution in [0.1, 0.15) is 24.1 Å². The summed E-state index contributed by atoms with van der Waals surface area (Å²) in [6.07, 6.45) is 3.96. The summed E-state index contributed by atoms with van der Waals surface area (Å²) in [6, 6.07) is 2.10. The summed E-state index contributed by atoms with van der Waals surface area (Å²) in [5.41, 5.74) is 1.43. The zero-order valence-corrected chi connectivity index (χ0v) is 12.7. The van der Waals surface area contributed by atoms with Crippen LogP contribution in [0, 0.1) is 6.92 Å². The average Bonchev–Trinajstić information content (AvgIpc) is 3.04. The Morgan fingerprint density at radius 3 is 2.86 bits per heavy atom. The van der Waals surface area contributed by atoms with Crippen LogP contribution in [-0.2, 0) is 23.6 Å². The molecule has 0 saturated heterocycles. The van der Waals surface area contributed by atoms with Gasteiger partial charge >= 0.3 is 0 Å². The van der Waals surface area contributed by atoms with Gasteiger partial charge in [0.25, 0.3) is 10.0 Å². The van der Waals surface area contributed by atoms with E-state index in [1.165, 1.54) is 4.68 Å². The number of hydrogen-bond acceptors (Lipinski definition) is 5. The largest absolute Gasteiger partial charge is 0.310 e. The highest BCUT2D eigenvalue weighted by Gasteiger charge is 2.27. The van der Waals surface area contributed by atoms with Crippen molar-refractivity contribution in [3.63, 3.8) is 0 Å². The van der Waals surface area contributed by atoms with Crippen LogP contribution >= 0.6 is 0 Å². The lowest BCUT2D eigenvalue weighted by atomic mass is 10.2. The molecule has 0 radical (unpaired) electrons. The smallest absolute Gasteiger partial charge is 0.282 e. The molecule has 114 valence electrons. The van der Waals surface area contributed by atoms with Gasteiger partial charge in [-0.2, -0.15) is 18.6 Å². The minimum atomic E-state index is -3.75. The van der Waals surface area contributed by atoms with Gasteiger partial charge in [0.05, 0.1) is 0 Å². The minimum absolute atomic E-state index is 0.0267. The van der Waals surface area contributed by atoms with E-state index in [9.17, 15) is 8.42 Å². The normalized spacial score (nSPS) is 15.3. The molecule has 0 aliphatic heterocycles. The van der Waals surface area contributed by atoms with Crippen LogP contribution in [0.15, 0.2) is 17.3 Å². The Morgan fingerprint density at radius 2 is 2.24 bits per heavy atom. The van der Waals surface area contributed by atoms with E-state index < -0.39 is 10.0 Å². The van der Waals surface area contributed by atoms with Gasteiger partial charge in [0.1, 0.15) is 0 Å². The monoisotopic (exact) mass is 310 g/mol. The van der Waals surface area contributed by atoms with Crippen LogP contribution in [0.25, 0.3) is 0 Å². The third-order valence-electron chi connectivity index (χ3n) is 3.39. The molecular weight excluding hydrogens is 292 g/mol. The fourth-order valence-corrected chi connectivity index (χ4v) is 3.25. The van der Waals surface area contributed by atoms with Crippen molar-refractivity contribution in [2.45, 2.75) is 37.4 Å². The second kappa shape index (κ2) is 5.15. The van der Waals surface area contributed by atoms with E-state index in [2.05, 4.69) is 25.3 Å². The number of anilines is 1. The van der Waals surface area contributed by atoms with Crippen molar-refractivity contribution in [1.82, 2.24) is 25.3 Å². The summed E-state index contributed by atoms with van der Waals surface area (Å²) in [4.78, 5) is 0. The average molecular weight is 310 g/mol. The Bertz CT molecular complexity index is 744. The summed E-state index contributed by atoms with van der Waals surface area (Å²) < 4.78 is 28.8. The molecule has 0 spiro atoms. The van der Waals surface area contributed by atoms with Crippen molar-refractivity contribution >= 4 is 15.8 Å². The molecule has 2 aromatic rings. The number of rotatable bonds is 6. The number of sulfonamides is 1.